The number of hydrogen-bond donors (Lipinski definition) is 4. The van der Waals surface area contributed by atoms with Crippen molar-refractivity contribution >= 4 is 29.6 Å². The number of benzene rings is 1. The maximum atomic E-state index is 13.8. The van der Waals surface area contributed by atoms with Gasteiger partial charge in [0.15, 0.2) is 11.4 Å². The lowest BCUT2D eigenvalue weighted by Crippen LogP contribution is -2.46. The molecule has 15 heteroatoms. The van der Waals surface area contributed by atoms with E-state index < -0.39 is 47.7 Å². The van der Waals surface area contributed by atoms with Crippen LogP contribution in [-0.2, 0) is 9.59 Å². The minimum Gasteiger partial charge on any atom is -0.481 e. The fourth-order valence-corrected chi connectivity index (χ4v) is 5.06. The van der Waals surface area contributed by atoms with Gasteiger partial charge in [-0.3, -0.25) is 29.0 Å². The Bertz CT molecular complexity index is 1770. The Morgan fingerprint density at radius 2 is 1.71 bits per heavy atom. The highest BCUT2D eigenvalue weighted by molar-refractivity contribution is 5.97. The molecule has 4 amide bonds. The summed E-state index contributed by atoms with van der Waals surface area (Å²) in [7, 11) is 0. The van der Waals surface area contributed by atoms with Crippen LogP contribution in [0.25, 0.3) is 0 Å². The molecule has 4 aromatic rings. The molecule has 0 spiro atoms. The lowest BCUT2D eigenvalue weighted by Gasteiger charge is -2.29. The number of fused-ring (bicyclic) bond motifs is 4. The molecule has 4 heterocycles. The van der Waals surface area contributed by atoms with Crippen LogP contribution in [0.5, 0.6) is 0 Å². The third kappa shape index (κ3) is 9.82. The van der Waals surface area contributed by atoms with Crippen LogP contribution in [0.3, 0.4) is 0 Å². The Morgan fingerprint density at radius 3 is 2.37 bits per heavy atom. The predicted molar refractivity (Wildman–Crippen MR) is 174 cm³/mol. The van der Waals surface area contributed by atoms with Crippen molar-refractivity contribution < 1.29 is 37.9 Å². The van der Waals surface area contributed by atoms with Crippen LogP contribution >= 0.6 is 0 Å². The van der Waals surface area contributed by atoms with Crippen LogP contribution in [0.1, 0.15) is 107 Å². The molecule has 1 aromatic carbocycles. The van der Waals surface area contributed by atoms with Crippen molar-refractivity contribution in [3.63, 3.8) is 0 Å². The number of aromatic nitrogens is 3. The zero-order chi connectivity index (χ0) is 35.7. The van der Waals surface area contributed by atoms with E-state index in [0.717, 1.165) is 6.92 Å². The molecular formula is C34H39N7O8. The van der Waals surface area contributed by atoms with Crippen molar-refractivity contribution in [2.45, 2.75) is 59.2 Å². The van der Waals surface area contributed by atoms with Crippen LogP contribution in [0, 0.1) is 12.8 Å². The summed E-state index contributed by atoms with van der Waals surface area (Å²) in [6.45, 7) is 7.91. The zero-order valence-corrected chi connectivity index (χ0v) is 27.8. The number of nitrogens with zero attached hydrogens (tertiary/aromatic N) is 4. The normalized spacial score (nSPS) is 18.6. The number of aliphatic carboxylic acids is 1. The summed E-state index contributed by atoms with van der Waals surface area (Å²) in [6.07, 6.45) is 4.64. The largest absolute Gasteiger partial charge is 0.481 e. The van der Waals surface area contributed by atoms with E-state index in [1.165, 1.54) is 17.4 Å². The molecule has 5 rings (SSSR count). The van der Waals surface area contributed by atoms with Gasteiger partial charge in [-0.05, 0) is 43.9 Å². The molecule has 0 saturated heterocycles. The Hall–Kier alpha value is -5.86. The van der Waals surface area contributed by atoms with Gasteiger partial charge in [-0.15, -0.1) is 0 Å². The summed E-state index contributed by atoms with van der Waals surface area (Å²) < 4.78 is 11.4. The Balaban J connectivity index is 0.00000128. The molecule has 1 aliphatic rings. The Morgan fingerprint density at radius 1 is 1.00 bits per heavy atom. The molecule has 0 aliphatic carbocycles. The minimum atomic E-state index is -0.833. The maximum Gasteiger partial charge on any atom is 0.300 e. The van der Waals surface area contributed by atoms with Crippen LogP contribution < -0.4 is 16.0 Å². The number of hydrogen-bond acceptors (Lipinski definition) is 10. The lowest BCUT2D eigenvalue weighted by atomic mass is 10.0. The van der Waals surface area contributed by atoms with Gasteiger partial charge in [-0.25, -0.2) is 9.97 Å². The van der Waals surface area contributed by atoms with E-state index >= 15 is 0 Å². The molecule has 1 aliphatic heterocycles. The SMILES string of the molecule is CC(=O)O.Cc1oc2nc1C(=O)N[C@@H](c1ccccc1)CN(C(=O)c1cccnc1)CC(=O)N[C@H](CC(C)C)c1nc(co1)C(=O)N[C@H]2C. The first-order valence-corrected chi connectivity index (χ1v) is 15.6. The number of pyridine rings is 1. The second-order valence-corrected chi connectivity index (χ2v) is 11.9. The molecule has 0 radical (unpaired) electrons. The van der Waals surface area contributed by atoms with Gasteiger partial charge in [0, 0.05) is 25.9 Å². The molecule has 4 N–H and O–H groups in total. The second kappa shape index (κ2) is 16.3. The number of carbonyl (C=O) groups is 5. The number of aryl methyl sites for hydroxylation is 1. The van der Waals surface area contributed by atoms with Gasteiger partial charge in [0.05, 0.1) is 18.2 Å². The maximum absolute atomic E-state index is 13.8. The lowest BCUT2D eigenvalue weighted by molar-refractivity contribution is -0.134. The number of oxazole rings is 2. The van der Waals surface area contributed by atoms with Crippen molar-refractivity contribution in [3.8, 4) is 0 Å². The van der Waals surface area contributed by atoms with Gasteiger partial charge in [-0.1, -0.05) is 44.2 Å². The first kappa shape index (κ1) is 36.0. The Labute approximate surface area is 282 Å². The van der Waals surface area contributed by atoms with Crippen molar-refractivity contribution in [3.05, 3.63) is 101 Å². The fraction of sp³-hybridized carbons (Fsp3) is 0.353. The van der Waals surface area contributed by atoms with E-state index in [0.29, 0.717) is 12.0 Å². The van der Waals surface area contributed by atoms with E-state index in [2.05, 4.69) is 30.9 Å². The van der Waals surface area contributed by atoms with E-state index in [1.807, 2.05) is 44.2 Å². The van der Waals surface area contributed by atoms with E-state index in [1.54, 1.807) is 32.2 Å². The van der Waals surface area contributed by atoms with E-state index in [-0.39, 0.29) is 53.5 Å². The first-order chi connectivity index (χ1) is 23.3. The van der Waals surface area contributed by atoms with Gasteiger partial charge in [0.25, 0.3) is 23.7 Å². The molecule has 258 valence electrons. The molecule has 49 heavy (non-hydrogen) atoms. The molecule has 3 aromatic heterocycles. The predicted octanol–water partition coefficient (Wildman–Crippen LogP) is 3.78. The summed E-state index contributed by atoms with van der Waals surface area (Å²) in [5.74, 6) is -2.20. The highest BCUT2D eigenvalue weighted by Crippen LogP contribution is 2.24. The average molecular weight is 674 g/mol. The summed E-state index contributed by atoms with van der Waals surface area (Å²) in [4.78, 5) is 77.2. The molecule has 0 saturated carbocycles. The van der Waals surface area contributed by atoms with Crippen LogP contribution in [0.4, 0.5) is 0 Å². The topological polar surface area (TPSA) is 210 Å². The van der Waals surface area contributed by atoms with Crippen LogP contribution in [0.15, 0.2) is 70.0 Å². The first-order valence-electron chi connectivity index (χ1n) is 15.6. The number of carbonyl (C=O) groups excluding carboxylic acids is 4. The molecule has 4 bridgehead atoms. The van der Waals surface area contributed by atoms with Crippen LogP contribution in [-0.4, -0.2) is 67.6 Å². The van der Waals surface area contributed by atoms with Crippen molar-refractivity contribution in [1.29, 1.82) is 0 Å². The van der Waals surface area contributed by atoms with Gasteiger partial charge in [0.1, 0.15) is 24.1 Å². The fourth-order valence-electron chi connectivity index (χ4n) is 5.06. The summed E-state index contributed by atoms with van der Waals surface area (Å²) >= 11 is 0. The highest BCUT2D eigenvalue weighted by atomic mass is 16.4. The average Bonchev–Trinajstić information content (AvgIpc) is 3.71. The smallest absolute Gasteiger partial charge is 0.300 e. The van der Waals surface area contributed by atoms with Gasteiger partial charge in [0.2, 0.25) is 17.7 Å². The molecule has 0 unspecified atom stereocenters. The molecular weight excluding hydrogens is 634 g/mol. The highest BCUT2D eigenvalue weighted by Gasteiger charge is 2.30. The van der Waals surface area contributed by atoms with Crippen molar-refractivity contribution in [2.24, 2.45) is 5.92 Å². The third-order valence-corrected chi connectivity index (χ3v) is 7.28. The quantitative estimate of drug-likeness (QED) is 0.245. The standard InChI is InChI=1S/C32H35N7O6.C2H4O2/c1-18(2)13-23-31-37-25(17-44-31)28(41)34-19(3)30-38-27(20(4)45-30)29(42)36-24(21-9-6-5-7-10-21)15-39(16-26(40)35-23)32(43)22-11-8-12-33-14-22;1-2(3)4/h5-12,14,17-19,23-24H,13,15-16H2,1-4H3,(H,34,41)(H,35,40)(H,36,42);1H3,(H,3,4)/t19-,23+,24+;/m0./s1. The molecule has 0 fully saturated rings. The summed E-state index contributed by atoms with van der Waals surface area (Å²) in [5, 5.41) is 16.1. The van der Waals surface area contributed by atoms with E-state index in [4.69, 9.17) is 18.7 Å². The number of nitrogens with one attached hydrogen (secondary N) is 3. The van der Waals surface area contributed by atoms with Crippen LogP contribution in [0.2, 0.25) is 0 Å². The Kier molecular flexibility index (Phi) is 12.0. The summed E-state index contributed by atoms with van der Waals surface area (Å²) in [6, 6.07) is 10.2. The number of carboxylic acid groups (broad SMARTS) is 1. The second-order valence-electron chi connectivity index (χ2n) is 11.9. The van der Waals surface area contributed by atoms with Gasteiger partial charge < -0.3 is 34.8 Å². The molecule has 15 nitrogen and oxygen atoms in total. The van der Waals surface area contributed by atoms with Gasteiger partial charge in [-0.2, -0.15) is 0 Å². The van der Waals surface area contributed by atoms with Crippen molar-refractivity contribution in [2.75, 3.05) is 13.1 Å². The third-order valence-electron chi connectivity index (χ3n) is 7.28. The number of amides is 4. The number of carboxylic acids is 1. The number of rotatable bonds is 4. The van der Waals surface area contributed by atoms with E-state index in [9.17, 15) is 19.2 Å². The minimum absolute atomic E-state index is 0.00120. The monoisotopic (exact) mass is 673 g/mol. The zero-order valence-electron chi connectivity index (χ0n) is 27.8. The van der Waals surface area contributed by atoms with Gasteiger partial charge >= 0.3 is 0 Å². The molecule has 3 atom stereocenters. The summed E-state index contributed by atoms with van der Waals surface area (Å²) in [5.41, 5.74) is 1.01. The van der Waals surface area contributed by atoms with Crippen molar-refractivity contribution in [1.82, 2.24) is 35.8 Å².